The van der Waals surface area contributed by atoms with Crippen LogP contribution in [0, 0.1) is 22.7 Å². The molecular weight excluding hydrogens is 598 g/mol. The molecule has 0 amide bonds. The van der Waals surface area contributed by atoms with Gasteiger partial charge in [-0.15, -0.1) is 0 Å². The maximum absolute atomic E-state index is 13.8. The molecule has 0 bridgehead atoms. The van der Waals surface area contributed by atoms with E-state index in [1.165, 1.54) is 0 Å². The molecule has 1 spiro atoms. The average molecular weight is 646 g/mol. The first-order valence-corrected chi connectivity index (χ1v) is 16.7. The molecule has 10 nitrogen and oxygen atoms in total. The molecule has 2 aromatic rings. The molecule has 4 aliphatic rings. The summed E-state index contributed by atoms with van der Waals surface area (Å²) in [5.74, 6) is -0.277. The molecule has 3 heterocycles. The lowest BCUT2D eigenvalue weighted by Gasteiger charge is -2.61. The molecule has 1 aromatic heterocycles. The number of rotatable bonds is 10. The molecule has 2 aliphatic carbocycles. The van der Waals surface area contributed by atoms with Crippen molar-refractivity contribution in [3.8, 4) is 0 Å². The number of anilines is 2. The largest absolute Gasteiger partial charge is 0.462 e. The van der Waals surface area contributed by atoms with Gasteiger partial charge in [-0.05, 0) is 92.2 Å². The number of benzene rings is 1. The molecule has 6 rings (SSSR count). The zero-order valence-electron chi connectivity index (χ0n) is 28.0. The van der Waals surface area contributed by atoms with Crippen LogP contribution in [0.25, 0.3) is 5.57 Å². The van der Waals surface area contributed by atoms with Crippen LogP contribution in [0.3, 0.4) is 0 Å². The lowest BCUT2D eigenvalue weighted by molar-refractivity contribution is -0.177. The first-order chi connectivity index (χ1) is 22.5. The van der Waals surface area contributed by atoms with E-state index in [2.05, 4.69) is 17.2 Å². The van der Waals surface area contributed by atoms with Crippen molar-refractivity contribution in [2.24, 2.45) is 22.7 Å². The molecule has 3 fully saturated rings. The van der Waals surface area contributed by atoms with Crippen LogP contribution in [0.5, 0.6) is 0 Å². The Kier molecular flexibility index (Phi) is 8.97. The Bertz CT molecular complexity index is 1550. The second kappa shape index (κ2) is 12.7. The second-order valence-electron chi connectivity index (χ2n) is 14.3. The number of hydrogen-bond donors (Lipinski definition) is 3. The maximum atomic E-state index is 13.8. The fourth-order valence-electron chi connectivity index (χ4n) is 8.69. The summed E-state index contributed by atoms with van der Waals surface area (Å²) in [5.41, 5.74) is 0.888. The van der Waals surface area contributed by atoms with Crippen molar-refractivity contribution in [1.82, 2.24) is 4.98 Å². The number of epoxide rings is 1. The summed E-state index contributed by atoms with van der Waals surface area (Å²) < 4.78 is 17.6. The number of pyridine rings is 1. The number of aliphatic hydroxyl groups is 2. The smallest absolute Gasteiger partial charge is 0.342 e. The van der Waals surface area contributed by atoms with Gasteiger partial charge in [0.05, 0.1) is 43.1 Å². The number of aromatic nitrogens is 1. The van der Waals surface area contributed by atoms with E-state index in [1.54, 1.807) is 19.2 Å². The molecule has 47 heavy (non-hydrogen) atoms. The second-order valence-corrected chi connectivity index (χ2v) is 14.3. The lowest BCUT2D eigenvalue weighted by atomic mass is 9.44. The van der Waals surface area contributed by atoms with Gasteiger partial charge in [0.15, 0.2) is 0 Å². The summed E-state index contributed by atoms with van der Waals surface area (Å²) in [6.07, 6.45) is 6.35. The fourth-order valence-corrected chi connectivity index (χ4v) is 8.69. The minimum absolute atomic E-state index is 0.0122. The zero-order valence-corrected chi connectivity index (χ0v) is 28.0. The molecule has 1 aromatic carbocycles. The lowest BCUT2D eigenvalue weighted by Crippen LogP contribution is -2.61. The Labute approximate surface area is 276 Å². The number of ether oxygens (including phenoxy) is 3. The van der Waals surface area contributed by atoms with Crippen molar-refractivity contribution in [2.75, 3.05) is 44.1 Å². The monoisotopic (exact) mass is 645 g/mol. The van der Waals surface area contributed by atoms with Crippen molar-refractivity contribution in [3.05, 3.63) is 71.6 Å². The first-order valence-electron chi connectivity index (χ1n) is 16.7. The predicted octanol–water partition coefficient (Wildman–Crippen LogP) is 4.73. The Morgan fingerprint density at radius 3 is 2.51 bits per heavy atom. The summed E-state index contributed by atoms with van der Waals surface area (Å²) >= 11 is 0. The molecule has 2 saturated carbocycles. The van der Waals surface area contributed by atoms with Gasteiger partial charge in [0.2, 0.25) is 0 Å². The quantitative estimate of drug-likeness (QED) is 0.189. The van der Waals surface area contributed by atoms with E-state index in [1.807, 2.05) is 68.4 Å². The Hall–Kier alpha value is -3.73. The van der Waals surface area contributed by atoms with Gasteiger partial charge in [0, 0.05) is 31.4 Å². The van der Waals surface area contributed by atoms with Gasteiger partial charge in [-0.25, -0.2) is 14.6 Å². The predicted molar refractivity (Wildman–Crippen MR) is 178 cm³/mol. The highest BCUT2D eigenvalue weighted by Crippen LogP contribution is 2.66. The van der Waals surface area contributed by atoms with Crippen LogP contribution in [0.4, 0.5) is 11.5 Å². The number of fused-ring (bicyclic) bond motifs is 1. The number of nitrogens with one attached hydrogen (secondary N) is 1. The minimum atomic E-state index is -0.635. The van der Waals surface area contributed by atoms with Crippen molar-refractivity contribution < 1.29 is 34.0 Å². The van der Waals surface area contributed by atoms with Gasteiger partial charge >= 0.3 is 11.9 Å². The molecule has 252 valence electrons. The molecule has 0 radical (unpaired) electrons. The minimum Gasteiger partial charge on any atom is -0.462 e. The number of aliphatic hydroxyl groups excluding tert-OH is 2. The third-order valence-electron chi connectivity index (χ3n) is 11.4. The van der Waals surface area contributed by atoms with Crippen LogP contribution in [0.2, 0.25) is 0 Å². The molecule has 7 atom stereocenters. The van der Waals surface area contributed by atoms with Crippen LogP contribution in [-0.2, 0) is 23.8 Å². The van der Waals surface area contributed by atoms with E-state index >= 15 is 0 Å². The highest BCUT2D eigenvalue weighted by Gasteiger charge is 2.67. The number of cyclic esters (lactones) is 1. The third kappa shape index (κ3) is 5.96. The molecule has 1 saturated heterocycles. The average Bonchev–Trinajstić information content (AvgIpc) is 3.73. The van der Waals surface area contributed by atoms with Crippen LogP contribution in [0.1, 0.15) is 58.4 Å². The highest BCUT2D eigenvalue weighted by atomic mass is 16.6. The Morgan fingerprint density at radius 1 is 1.15 bits per heavy atom. The number of carbonyl (C=O) groups excluding carboxylic acids is 2. The normalized spacial score (nSPS) is 33.0. The van der Waals surface area contributed by atoms with Crippen LogP contribution < -0.4 is 10.2 Å². The number of esters is 2. The summed E-state index contributed by atoms with van der Waals surface area (Å²) in [7, 11) is 3.88. The first kappa shape index (κ1) is 33.2. The van der Waals surface area contributed by atoms with Crippen LogP contribution in [-0.4, -0.2) is 78.8 Å². The van der Waals surface area contributed by atoms with Crippen molar-refractivity contribution in [3.63, 3.8) is 0 Å². The molecule has 10 heteroatoms. The summed E-state index contributed by atoms with van der Waals surface area (Å²) in [4.78, 5) is 33.6. The van der Waals surface area contributed by atoms with E-state index in [0.29, 0.717) is 36.4 Å². The van der Waals surface area contributed by atoms with Crippen molar-refractivity contribution in [2.45, 2.75) is 70.6 Å². The third-order valence-corrected chi connectivity index (χ3v) is 11.4. The van der Waals surface area contributed by atoms with E-state index < -0.39 is 29.5 Å². The molecule has 3 N–H and O–H groups in total. The summed E-state index contributed by atoms with van der Waals surface area (Å²) in [6.45, 7) is 6.73. The number of nitrogens with zero attached hydrogens (tertiary/aromatic N) is 2. The van der Waals surface area contributed by atoms with Gasteiger partial charge in [0.25, 0.3) is 0 Å². The van der Waals surface area contributed by atoms with Gasteiger partial charge in [0.1, 0.15) is 17.2 Å². The molecule has 2 aliphatic heterocycles. The van der Waals surface area contributed by atoms with E-state index in [9.17, 15) is 19.8 Å². The standard InChI is InChI=1S/C37H47N3O7/c1-6-45-34(44)32(23-10-12-24(13-11-23)40(4)5)27-19-25(33(43)47-27)26(39-31-9-7-8-18-38-31)20-29-35(2)16-15-30(42)36(3,21-41)28(35)14-17-37(29)22-46-37/h7-13,18-19,26,28-30,41-42H,6,14-17,20-22H2,1-5H3,(H,38,39)/t26?,28?,29?,30-,35+,36+,37?/m1/s1. The summed E-state index contributed by atoms with van der Waals surface area (Å²) in [6, 6.07) is 12.5. The Morgan fingerprint density at radius 2 is 1.89 bits per heavy atom. The number of carbonyl (C=O) groups is 2. The van der Waals surface area contributed by atoms with Gasteiger partial charge < -0.3 is 34.6 Å². The highest BCUT2D eigenvalue weighted by molar-refractivity contribution is 6.19. The zero-order chi connectivity index (χ0) is 33.6. The number of hydrogen-bond acceptors (Lipinski definition) is 10. The Balaban J connectivity index is 1.42. The topological polar surface area (TPSA) is 134 Å². The molecule has 4 unspecified atom stereocenters. The van der Waals surface area contributed by atoms with Crippen LogP contribution >= 0.6 is 0 Å². The van der Waals surface area contributed by atoms with E-state index in [4.69, 9.17) is 14.2 Å². The van der Waals surface area contributed by atoms with Gasteiger partial charge in [-0.2, -0.15) is 0 Å². The summed E-state index contributed by atoms with van der Waals surface area (Å²) in [5, 5.41) is 25.1. The van der Waals surface area contributed by atoms with Crippen molar-refractivity contribution in [1.29, 1.82) is 0 Å². The SMILES string of the molecule is CCOC(=O)C(=C1C=C(C(CC2C3(CCC4[C@]2(C)CC[C@@H](O)[C@@]4(C)CO)CO3)Nc2ccccn2)C(=O)O1)c1ccc(N(C)C)cc1. The maximum Gasteiger partial charge on any atom is 0.342 e. The van der Waals surface area contributed by atoms with Crippen LogP contribution in [0.15, 0.2) is 66.1 Å². The molecular formula is C37H47N3O7. The van der Waals surface area contributed by atoms with E-state index in [0.717, 1.165) is 24.9 Å². The van der Waals surface area contributed by atoms with Gasteiger partial charge in [-0.1, -0.05) is 32.0 Å². The van der Waals surface area contributed by atoms with Gasteiger partial charge in [-0.3, -0.25) is 0 Å². The van der Waals surface area contributed by atoms with Crippen molar-refractivity contribution >= 4 is 29.0 Å². The fraction of sp³-hybridized carbons (Fsp3) is 0.541. The van der Waals surface area contributed by atoms with E-state index in [-0.39, 0.29) is 47.4 Å². The number of allylic oxidation sites excluding steroid dienone is 1.